The van der Waals surface area contributed by atoms with E-state index in [9.17, 15) is 0 Å². The Balaban J connectivity index is 2.13. The Morgan fingerprint density at radius 3 is 2.58 bits per heavy atom. The first kappa shape index (κ1) is 7.41. The molecule has 0 atom stereocenters. The lowest BCUT2D eigenvalue weighted by molar-refractivity contribution is 1.40. The van der Waals surface area contributed by atoms with E-state index in [4.69, 9.17) is 0 Å². The lowest BCUT2D eigenvalue weighted by Gasteiger charge is -2.01. The lowest BCUT2D eigenvalue weighted by Crippen LogP contribution is -1.89. The second-order valence-corrected chi connectivity index (χ2v) is 3.43. The van der Waals surface area contributed by atoms with Gasteiger partial charge in [-0.3, -0.25) is 0 Å². The van der Waals surface area contributed by atoms with Crippen LogP contribution in [0.15, 0.2) is 35.5 Å². The molecule has 0 heterocycles. The van der Waals surface area contributed by atoms with Crippen LogP contribution in [-0.4, -0.2) is 0 Å². The van der Waals surface area contributed by atoms with Gasteiger partial charge in [-0.05, 0) is 37.1 Å². The Bertz CT molecular complexity index is 337. The number of benzene rings is 1. The number of allylic oxidation sites excluding steroid dienone is 2. The van der Waals surface area contributed by atoms with E-state index in [1.54, 1.807) is 0 Å². The number of nitrogens with one attached hydrogen (secondary N) is 1. The average molecular weight is 159 g/mol. The fourth-order valence-electron chi connectivity index (χ4n) is 1.27. The molecule has 0 amide bonds. The predicted octanol–water partition coefficient (Wildman–Crippen LogP) is 3.08. The minimum atomic E-state index is 1.16. The summed E-state index contributed by atoms with van der Waals surface area (Å²) in [5, 5.41) is 3.39. The Morgan fingerprint density at radius 2 is 2.00 bits per heavy atom. The molecule has 1 aliphatic rings. The Hall–Kier alpha value is -1.24. The first-order valence-electron chi connectivity index (χ1n) is 4.28. The van der Waals surface area contributed by atoms with Gasteiger partial charge in [-0.2, -0.15) is 0 Å². The number of hydrogen-bond acceptors (Lipinski definition) is 1. The van der Waals surface area contributed by atoms with Crippen LogP contribution in [0.2, 0.25) is 0 Å². The highest BCUT2D eigenvalue weighted by molar-refractivity contribution is 5.55. The van der Waals surface area contributed by atoms with Crippen molar-refractivity contribution >= 4 is 5.69 Å². The zero-order chi connectivity index (χ0) is 8.55. The van der Waals surface area contributed by atoms with Crippen molar-refractivity contribution in [2.45, 2.75) is 20.3 Å². The first-order valence-corrected chi connectivity index (χ1v) is 4.28. The van der Waals surface area contributed by atoms with Crippen LogP contribution in [0.3, 0.4) is 0 Å². The number of rotatable bonds is 2. The third kappa shape index (κ3) is 1.50. The molecule has 0 saturated carbocycles. The van der Waals surface area contributed by atoms with Gasteiger partial charge in [0.15, 0.2) is 0 Å². The van der Waals surface area contributed by atoms with Crippen molar-refractivity contribution in [1.29, 1.82) is 0 Å². The Morgan fingerprint density at radius 1 is 1.25 bits per heavy atom. The fourth-order valence-corrected chi connectivity index (χ4v) is 1.27. The molecule has 0 fully saturated rings. The second kappa shape index (κ2) is 2.67. The molecule has 1 aromatic carbocycles. The topological polar surface area (TPSA) is 12.0 Å². The standard InChI is InChI=1S/C11H13N/c1-8-4-3-5-10(6-8)12-11-7-9(11)2/h3-6,12H,7H2,1-2H3. The van der Waals surface area contributed by atoms with Gasteiger partial charge in [0.25, 0.3) is 0 Å². The van der Waals surface area contributed by atoms with Crippen molar-refractivity contribution in [2.24, 2.45) is 0 Å². The molecular weight excluding hydrogens is 146 g/mol. The fraction of sp³-hybridized carbons (Fsp3) is 0.273. The van der Waals surface area contributed by atoms with Gasteiger partial charge in [0, 0.05) is 17.8 Å². The summed E-state index contributed by atoms with van der Waals surface area (Å²) in [5.74, 6) is 0. The zero-order valence-corrected chi connectivity index (χ0v) is 7.52. The summed E-state index contributed by atoms with van der Waals surface area (Å²) in [6.07, 6.45) is 1.16. The number of hydrogen-bond donors (Lipinski definition) is 1. The highest BCUT2D eigenvalue weighted by atomic mass is 14.9. The van der Waals surface area contributed by atoms with Crippen molar-refractivity contribution in [3.05, 3.63) is 41.1 Å². The molecule has 0 unspecified atom stereocenters. The van der Waals surface area contributed by atoms with E-state index >= 15 is 0 Å². The summed E-state index contributed by atoms with van der Waals surface area (Å²) in [5.41, 5.74) is 5.39. The minimum Gasteiger partial charge on any atom is -0.359 e. The summed E-state index contributed by atoms with van der Waals surface area (Å²) < 4.78 is 0. The summed E-state index contributed by atoms with van der Waals surface area (Å²) in [4.78, 5) is 0. The largest absolute Gasteiger partial charge is 0.359 e. The lowest BCUT2D eigenvalue weighted by atomic mass is 10.2. The van der Waals surface area contributed by atoms with Crippen LogP contribution < -0.4 is 5.32 Å². The molecule has 1 aliphatic carbocycles. The monoisotopic (exact) mass is 159 g/mol. The third-order valence-corrected chi connectivity index (χ3v) is 2.15. The van der Waals surface area contributed by atoms with E-state index in [1.165, 1.54) is 22.5 Å². The van der Waals surface area contributed by atoms with Crippen molar-refractivity contribution in [3.8, 4) is 0 Å². The molecular formula is C11H13N. The summed E-state index contributed by atoms with van der Waals surface area (Å²) >= 11 is 0. The van der Waals surface area contributed by atoms with Crippen molar-refractivity contribution in [3.63, 3.8) is 0 Å². The normalized spacial score (nSPS) is 14.8. The molecule has 0 aliphatic heterocycles. The van der Waals surface area contributed by atoms with E-state index in [-0.39, 0.29) is 0 Å². The van der Waals surface area contributed by atoms with Crippen LogP contribution in [-0.2, 0) is 0 Å². The van der Waals surface area contributed by atoms with E-state index in [1.807, 2.05) is 0 Å². The molecule has 0 aromatic heterocycles. The molecule has 0 spiro atoms. The van der Waals surface area contributed by atoms with Gasteiger partial charge >= 0.3 is 0 Å². The van der Waals surface area contributed by atoms with Crippen LogP contribution in [0.4, 0.5) is 5.69 Å². The average Bonchev–Trinajstić information content (AvgIpc) is 2.66. The van der Waals surface area contributed by atoms with Gasteiger partial charge in [0.2, 0.25) is 0 Å². The van der Waals surface area contributed by atoms with E-state index < -0.39 is 0 Å². The maximum absolute atomic E-state index is 3.39. The molecule has 1 aromatic rings. The molecule has 2 rings (SSSR count). The highest BCUT2D eigenvalue weighted by Gasteiger charge is 2.15. The molecule has 12 heavy (non-hydrogen) atoms. The van der Waals surface area contributed by atoms with E-state index in [0.717, 1.165) is 6.42 Å². The summed E-state index contributed by atoms with van der Waals surface area (Å²) in [6.45, 7) is 4.28. The van der Waals surface area contributed by atoms with Crippen molar-refractivity contribution in [1.82, 2.24) is 0 Å². The van der Waals surface area contributed by atoms with Crippen LogP contribution in [0.25, 0.3) is 0 Å². The van der Waals surface area contributed by atoms with E-state index in [0.29, 0.717) is 0 Å². The van der Waals surface area contributed by atoms with Crippen LogP contribution in [0.1, 0.15) is 18.9 Å². The summed E-state index contributed by atoms with van der Waals surface area (Å²) in [7, 11) is 0. The minimum absolute atomic E-state index is 1.16. The van der Waals surface area contributed by atoms with Gasteiger partial charge < -0.3 is 5.32 Å². The van der Waals surface area contributed by atoms with Crippen LogP contribution >= 0.6 is 0 Å². The van der Waals surface area contributed by atoms with E-state index in [2.05, 4.69) is 43.4 Å². The Labute approximate surface area is 73.1 Å². The van der Waals surface area contributed by atoms with Crippen molar-refractivity contribution < 1.29 is 0 Å². The SMILES string of the molecule is CC1=C(Nc2cccc(C)c2)C1. The third-order valence-electron chi connectivity index (χ3n) is 2.15. The molecule has 1 nitrogen and oxygen atoms in total. The van der Waals surface area contributed by atoms with Crippen LogP contribution in [0.5, 0.6) is 0 Å². The molecule has 0 saturated heterocycles. The maximum atomic E-state index is 3.39. The number of anilines is 1. The zero-order valence-electron chi connectivity index (χ0n) is 7.52. The molecule has 1 heteroatoms. The molecule has 1 N–H and O–H groups in total. The van der Waals surface area contributed by atoms with Gasteiger partial charge in [-0.25, -0.2) is 0 Å². The van der Waals surface area contributed by atoms with Gasteiger partial charge in [0.1, 0.15) is 0 Å². The number of aryl methyl sites for hydroxylation is 1. The Kier molecular flexibility index (Phi) is 1.65. The molecule has 0 bridgehead atoms. The highest BCUT2D eigenvalue weighted by Crippen LogP contribution is 2.30. The first-order chi connectivity index (χ1) is 5.75. The quantitative estimate of drug-likeness (QED) is 0.699. The second-order valence-electron chi connectivity index (χ2n) is 3.43. The summed E-state index contributed by atoms with van der Waals surface area (Å²) in [6, 6.07) is 8.46. The van der Waals surface area contributed by atoms with Gasteiger partial charge in [-0.1, -0.05) is 12.1 Å². The predicted molar refractivity (Wildman–Crippen MR) is 52.1 cm³/mol. The van der Waals surface area contributed by atoms with Gasteiger partial charge in [-0.15, -0.1) is 0 Å². The van der Waals surface area contributed by atoms with Gasteiger partial charge in [0.05, 0.1) is 0 Å². The van der Waals surface area contributed by atoms with Crippen molar-refractivity contribution in [2.75, 3.05) is 5.32 Å². The molecule has 0 radical (unpaired) electrons. The smallest absolute Gasteiger partial charge is 0.0384 e. The van der Waals surface area contributed by atoms with Crippen LogP contribution in [0, 0.1) is 6.92 Å². The maximum Gasteiger partial charge on any atom is 0.0384 e. The molecule has 62 valence electrons.